The molecule has 0 saturated carbocycles. The molecule has 0 bridgehead atoms. The first-order valence-corrected chi connectivity index (χ1v) is 5.04. The monoisotopic (exact) mass is 241 g/mol. The topological polar surface area (TPSA) is 69.4 Å². The van der Waals surface area contributed by atoms with Crippen molar-refractivity contribution < 1.29 is 18.8 Å². The summed E-state index contributed by atoms with van der Waals surface area (Å²) in [7, 11) is 0. The summed E-state index contributed by atoms with van der Waals surface area (Å²) in [6, 6.07) is 3.76. The van der Waals surface area contributed by atoms with Crippen molar-refractivity contribution in [1.29, 1.82) is 0 Å². The van der Waals surface area contributed by atoms with Crippen LogP contribution in [0.1, 0.15) is 23.7 Å². The van der Waals surface area contributed by atoms with Gasteiger partial charge in [-0.3, -0.25) is 19.3 Å². The van der Waals surface area contributed by atoms with Gasteiger partial charge < -0.3 is 4.74 Å². The maximum atomic E-state index is 11.9. The van der Waals surface area contributed by atoms with Crippen LogP contribution in [0.5, 0.6) is 5.75 Å². The van der Waals surface area contributed by atoms with Crippen LogP contribution in [0.25, 0.3) is 0 Å². The van der Waals surface area contributed by atoms with Crippen LogP contribution in [-0.2, 0) is 0 Å². The highest BCUT2D eigenvalue weighted by Crippen LogP contribution is 2.24. The highest BCUT2D eigenvalue weighted by Gasteiger charge is 2.14. The van der Waals surface area contributed by atoms with Gasteiger partial charge in [-0.15, -0.1) is 0 Å². The lowest BCUT2D eigenvalue weighted by Gasteiger charge is -2.08. The fourth-order valence-corrected chi connectivity index (χ4v) is 1.27. The Morgan fingerprint density at radius 2 is 2.24 bits per heavy atom. The Labute approximate surface area is 97.3 Å². The zero-order valence-corrected chi connectivity index (χ0v) is 9.31. The Morgan fingerprint density at radius 1 is 1.53 bits per heavy atom. The maximum absolute atomic E-state index is 11.9. The highest BCUT2D eigenvalue weighted by atomic mass is 19.1. The van der Waals surface area contributed by atoms with Crippen molar-refractivity contribution >= 4 is 11.5 Å². The number of carbonyl (C=O) groups excluding carboxylic acids is 1. The summed E-state index contributed by atoms with van der Waals surface area (Å²) < 4.78 is 17.1. The molecule has 0 unspecified atom stereocenters. The summed E-state index contributed by atoms with van der Waals surface area (Å²) in [4.78, 5) is 21.3. The average molecular weight is 241 g/mol. The van der Waals surface area contributed by atoms with Gasteiger partial charge in [-0.25, -0.2) is 0 Å². The van der Waals surface area contributed by atoms with E-state index in [2.05, 4.69) is 0 Å². The van der Waals surface area contributed by atoms with E-state index in [-0.39, 0.29) is 35.8 Å². The van der Waals surface area contributed by atoms with Gasteiger partial charge in [0.2, 0.25) is 0 Å². The van der Waals surface area contributed by atoms with Gasteiger partial charge in [0.1, 0.15) is 5.75 Å². The number of nitro benzene ring substituents is 1. The van der Waals surface area contributed by atoms with Crippen molar-refractivity contribution in [3.63, 3.8) is 0 Å². The van der Waals surface area contributed by atoms with Crippen molar-refractivity contribution in [2.45, 2.75) is 13.3 Å². The summed E-state index contributed by atoms with van der Waals surface area (Å²) in [5.41, 5.74) is -0.0360. The molecule has 0 saturated heterocycles. The van der Waals surface area contributed by atoms with Crippen LogP contribution < -0.4 is 4.74 Å². The normalized spacial score (nSPS) is 10.0. The van der Waals surface area contributed by atoms with Gasteiger partial charge in [0.05, 0.1) is 23.8 Å². The minimum Gasteiger partial charge on any atom is -0.493 e. The van der Waals surface area contributed by atoms with E-state index in [1.807, 2.05) is 0 Å². The van der Waals surface area contributed by atoms with E-state index in [1.54, 1.807) is 0 Å². The molecule has 0 N–H and O–H groups in total. The number of rotatable bonds is 6. The van der Waals surface area contributed by atoms with Gasteiger partial charge >= 0.3 is 0 Å². The number of Topliss-reactive ketones (excluding diaryl/α,β-unsaturated/α-hetero) is 1. The number of hydrogen-bond acceptors (Lipinski definition) is 4. The molecule has 0 spiro atoms. The predicted octanol–water partition coefficient (Wildman–Crippen LogP) is 2.54. The lowest BCUT2D eigenvalue weighted by atomic mass is 10.1. The minimum atomic E-state index is -0.586. The molecule has 0 heterocycles. The Hall–Kier alpha value is -1.98. The van der Waals surface area contributed by atoms with E-state index in [0.29, 0.717) is 0 Å². The van der Waals surface area contributed by atoms with Crippen molar-refractivity contribution in [1.82, 2.24) is 0 Å². The van der Waals surface area contributed by atoms with Gasteiger partial charge in [-0.1, -0.05) is 0 Å². The Kier molecular flexibility index (Phi) is 4.56. The Morgan fingerprint density at radius 3 is 2.76 bits per heavy atom. The van der Waals surface area contributed by atoms with Crippen LogP contribution in [-0.4, -0.2) is 24.0 Å². The molecule has 0 aliphatic heterocycles. The van der Waals surface area contributed by atoms with Gasteiger partial charge in [0.25, 0.3) is 5.69 Å². The number of nitrogens with zero attached hydrogens (tertiary/aromatic N) is 1. The van der Waals surface area contributed by atoms with E-state index in [1.165, 1.54) is 19.1 Å². The van der Waals surface area contributed by atoms with Crippen LogP contribution in [0.15, 0.2) is 18.2 Å². The number of alkyl halides is 1. The predicted molar refractivity (Wildman–Crippen MR) is 59.2 cm³/mol. The van der Waals surface area contributed by atoms with Gasteiger partial charge in [0, 0.05) is 18.6 Å². The molecule has 1 aromatic rings. The first kappa shape index (κ1) is 13.1. The zero-order chi connectivity index (χ0) is 12.8. The smallest absolute Gasteiger partial charge is 0.270 e. The van der Waals surface area contributed by atoms with Crippen LogP contribution in [0.2, 0.25) is 0 Å². The van der Waals surface area contributed by atoms with Gasteiger partial charge in [-0.05, 0) is 13.0 Å². The molecule has 0 atom stereocenters. The highest BCUT2D eigenvalue weighted by molar-refractivity contribution is 5.97. The molecular weight excluding hydrogens is 229 g/mol. The van der Waals surface area contributed by atoms with E-state index in [4.69, 9.17) is 4.74 Å². The second-order valence-electron chi connectivity index (χ2n) is 3.38. The first-order chi connectivity index (χ1) is 8.06. The second-order valence-corrected chi connectivity index (χ2v) is 3.38. The molecule has 0 amide bonds. The molecule has 17 heavy (non-hydrogen) atoms. The number of hydrogen-bond donors (Lipinski definition) is 0. The molecule has 0 radical (unpaired) electrons. The number of nitro groups is 1. The number of ether oxygens (including phenoxy) is 1. The Balaban J connectivity index is 2.96. The average Bonchev–Trinajstić information content (AvgIpc) is 2.29. The maximum Gasteiger partial charge on any atom is 0.270 e. The number of benzene rings is 1. The number of carbonyl (C=O) groups is 1. The lowest BCUT2D eigenvalue weighted by Crippen LogP contribution is -2.04. The molecule has 1 aromatic carbocycles. The molecule has 1 rings (SSSR count). The fraction of sp³-hybridized carbons (Fsp3) is 0.364. The minimum absolute atomic E-state index is 0.134. The molecule has 92 valence electrons. The quantitative estimate of drug-likeness (QED) is 0.332. The third-order valence-electron chi connectivity index (χ3n) is 2.09. The lowest BCUT2D eigenvalue weighted by molar-refractivity contribution is -0.384. The molecule has 0 aliphatic rings. The van der Waals surface area contributed by atoms with Gasteiger partial charge in [0.15, 0.2) is 5.78 Å². The SMILES string of the molecule is CC(=O)c1cc([N+](=O)[O-])ccc1OCCCF. The third-order valence-corrected chi connectivity index (χ3v) is 2.09. The summed E-state index contributed by atoms with van der Waals surface area (Å²) in [5, 5.41) is 10.6. The Bertz CT molecular complexity index is 433. The van der Waals surface area contributed by atoms with Crippen LogP contribution >= 0.6 is 0 Å². The van der Waals surface area contributed by atoms with Crippen molar-refractivity contribution in [3.05, 3.63) is 33.9 Å². The van der Waals surface area contributed by atoms with E-state index < -0.39 is 11.6 Å². The summed E-state index contributed by atoms with van der Waals surface area (Å²) >= 11 is 0. The van der Waals surface area contributed by atoms with Crippen molar-refractivity contribution in [3.8, 4) is 5.75 Å². The van der Waals surface area contributed by atoms with Crippen molar-refractivity contribution in [2.24, 2.45) is 0 Å². The van der Waals surface area contributed by atoms with E-state index in [9.17, 15) is 19.3 Å². The third kappa shape index (κ3) is 3.51. The zero-order valence-electron chi connectivity index (χ0n) is 9.31. The summed E-state index contributed by atoms with van der Waals surface area (Å²) in [6.45, 7) is 0.915. The molecule has 5 nitrogen and oxygen atoms in total. The standard InChI is InChI=1S/C11H12FNO4/c1-8(14)10-7-9(13(15)16)3-4-11(10)17-6-2-5-12/h3-4,7H,2,5-6H2,1H3. The van der Waals surface area contributed by atoms with Crippen LogP contribution in [0.3, 0.4) is 0 Å². The number of non-ortho nitro benzene ring substituents is 1. The van der Waals surface area contributed by atoms with E-state index >= 15 is 0 Å². The molecule has 0 fully saturated rings. The van der Waals surface area contributed by atoms with E-state index in [0.717, 1.165) is 6.07 Å². The largest absolute Gasteiger partial charge is 0.493 e. The number of halogens is 1. The summed E-state index contributed by atoms with van der Waals surface area (Å²) in [6.07, 6.45) is 0.217. The van der Waals surface area contributed by atoms with Crippen LogP contribution in [0.4, 0.5) is 10.1 Å². The first-order valence-electron chi connectivity index (χ1n) is 5.04. The van der Waals surface area contributed by atoms with Crippen LogP contribution in [0, 0.1) is 10.1 Å². The summed E-state index contributed by atoms with van der Waals surface area (Å²) in [5.74, 6) is -0.0829. The molecule has 0 aromatic heterocycles. The molecule has 6 heteroatoms. The number of ketones is 1. The molecular formula is C11H12FNO4. The molecule has 0 aliphatic carbocycles. The van der Waals surface area contributed by atoms with Gasteiger partial charge in [-0.2, -0.15) is 0 Å². The second kappa shape index (κ2) is 5.93. The fourth-order valence-electron chi connectivity index (χ4n) is 1.27. The van der Waals surface area contributed by atoms with Crippen molar-refractivity contribution in [2.75, 3.05) is 13.3 Å².